The molecule has 2 amide bonds. The molecule has 1 N–H and O–H groups in total. The highest BCUT2D eigenvalue weighted by Crippen LogP contribution is 2.26. The van der Waals surface area contributed by atoms with Crippen molar-refractivity contribution in [3.63, 3.8) is 0 Å². The molecule has 2 aromatic carbocycles. The summed E-state index contributed by atoms with van der Waals surface area (Å²) in [5, 5.41) is 3.34. The van der Waals surface area contributed by atoms with Gasteiger partial charge in [-0.1, -0.05) is 41.4 Å². The average molecular weight is 415 g/mol. The van der Waals surface area contributed by atoms with Crippen molar-refractivity contribution < 1.29 is 19.1 Å². The van der Waals surface area contributed by atoms with Crippen molar-refractivity contribution >= 4 is 35.1 Å². The SMILES string of the molecule is Cc1ccc(N2C[C@H](C(=O)O[C@@H](C)C(=O)NCc3ccc(Cl)cc3)CC2=O)cc1. The van der Waals surface area contributed by atoms with Crippen molar-refractivity contribution in [3.05, 3.63) is 64.7 Å². The van der Waals surface area contributed by atoms with Gasteiger partial charge in [-0.2, -0.15) is 0 Å². The zero-order valence-corrected chi connectivity index (χ0v) is 17.1. The minimum Gasteiger partial charge on any atom is -0.452 e. The first-order valence-electron chi connectivity index (χ1n) is 9.43. The highest BCUT2D eigenvalue weighted by Gasteiger charge is 2.37. The van der Waals surface area contributed by atoms with Gasteiger partial charge in [-0.15, -0.1) is 0 Å². The standard InChI is InChI=1S/C22H23ClN2O4/c1-14-3-9-19(10-4-14)25-13-17(11-20(25)26)22(28)29-15(2)21(27)24-12-16-5-7-18(23)8-6-16/h3-10,15,17H,11-13H2,1-2H3,(H,24,27)/t15-,17+/m0/s1. The summed E-state index contributed by atoms with van der Waals surface area (Å²) in [6.07, 6.45) is -0.871. The molecule has 1 saturated heterocycles. The lowest BCUT2D eigenvalue weighted by Gasteiger charge is -2.18. The zero-order valence-electron chi connectivity index (χ0n) is 16.4. The molecule has 2 atom stereocenters. The summed E-state index contributed by atoms with van der Waals surface area (Å²) in [6.45, 7) is 4.04. The Morgan fingerprint density at radius 2 is 1.83 bits per heavy atom. The molecule has 0 unspecified atom stereocenters. The van der Waals surface area contributed by atoms with Gasteiger partial charge in [0.25, 0.3) is 5.91 Å². The van der Waals surface area contributed by atoms with E-state index in [1.807, 2.05) is 43.3 Å². The molecule has 0 bridgehead atoms. The molecule has 6 nitrogen and oxygen atoms in total. The van der Waals surface area contributed by atoms with Gasteiger partial charge in [0.2, 0.25) is 5.91 Å². The normalized spacial score (nSPS) is 17.1. The van der Waals surface area contributed by atoms with Crippen LogP contribution >= 0.6 is 11.6 Å². The van der Waals surface area contributed by atoms with Crippen molar-refractivity contribution in [2.75, 3.05) is 11.4 Å². The van der Waals surface area contributed by atoms with Gasteiger partial charge in [-0.05, 0) is 43.7 Å². The maximum absolute atomic E-state index is 12.5. The van der Waals surface area contributed by atoms with Gasteiger partial charge < -0.3 is 15.0 Å². The van der Waals surface area contributed by atoms with E-state index >= 15 is 0 Å². The molecule has 0 radical (unpaired) electrons. The lowest BCUT2D eigenvalue weighted by atomic mass is 10.1. The van der Waals surface area contributed by atoms with E-state index in [0.717, 1.165) is 16.8 Å². The summed E-state index contributed by atoms with van der Waals surface area (Å²) in [5.41, 5.74) is 2.73. The van der Waals surface area contributed by atoms with Crippen molar-refractivity contribution in [2.45, 2.75) is 32.9 Å². The van der Waals surface area contributed by atoms with Crippen LogP contribution < -0.4 is 10.2 Å². The second-order valence-electron chi connectivity index (χ2n) is 7.16. The van der Waals surface area contributed by atoms with E-state index in [1.165, 1.54) is 6.92 Å². The van der Waals surface area contributed by atoms with Crippen LogP contribution in [0.15, 0.2) is 48.5 Å². The molecule has 1 heterocycles. The largest absolute Gasteiger partial charge is 0.452 e. The molecule has 0 saturated carbocycles. The van der Waals surface area contributed by atoms with Crippen molar-refractivity contribution in [1.29, 1.82) is 0 Å². The van der Waals surface area contributed by atoms with Gasteiger partial charge >= 0.3 is 5.97 Å². The summed E-state index contributed by atoms with van der Waals surface area (Å²) in [7, 11) is 0. The van der Waals surface area contributed by atoms with E-state index < -0.39 is 23.9 Å². The number of amides is 2. The molecule has 7 heteroatoms. The summed E-state index contributed by atoms with van der Waals surface area (Å²) in [6, 6.07) is 14.6. The summed E-state index contributed by atoms with van der Waals surface area (Å²) < 4.78 is 5.30. The Labute approximate surface area is 174 Å². The Morgan fingerprint density at radius 3 is 2.48 bits per heavy atom. The Balaban J connectivity index is 1.51. The van der Waals surface area contributed by atoms with E-state index in [2.05, 4.69) is 5.32 Å². The fourth-order valence-electron chi connectivity index (χ4n) is 3.10. The average Bonchev–Trinajstić information content (AvgIpc) is 3.09. The van der Waals surface area contributed by atoms with Gasteiger partial charge in [0.15, 0.2) is 6.10 Å². The second-order valence-corrected chi connectivity index (χ2v) is 7.60. The minimum absolute atomic E-state index is 0.0752. The van der Waals surface area contributed by atoms with Crippen LogP contribution in [0.2, 0.25) is 5.02 Å². The van der Waals surface area contributed by atoms with Crippen LogP contribution in [0.25, 0.3) is 0 Å². The highest BCUT2D eigenvalue weighted by atomic mass is 35.5. The predicted octanol–water partition coefficient (Wildman–Crippen LogP) is 3.25. The van der Waals surface area contributed by atoms with Gasteiger partial charge in [0.05, 0.1) is 5.92 Å². The van der Waals surface area contributed by atoms with Crippen LogP contribution in [0, 0.1) is 12.8 Å². The predicted molar refractivity (Wildman–Crippen MR) is 110 cm³/mol. The smallest absolute Gasteiger partial charge is 0.312 e. The third-order valence-electron chi connectivity index (χ3n) is 4.85. The first-order valence-corrected chi connectivity index (χ1v) is 9.81. The number of esters is 1. The van der Waals surface area contributed by atoms with Gasteiger partial charge in [-0.3, -0.25) is 14.4 Å². The quantitative estimate of drug-likeness (QED) is 0.736. The summed E-state index contributed by atoms with van der Waals surface area (Å²) in [5.74, 6) is -1.65. The molecule has 0 aliphatic carbocycles. The number of nitrogens with zero attached hydrogens (tertiary/aromatic N) is 1. The third-order valence-corrected chi connectivity index (χ3v) is 5.10. The monoisotopic (exact) mass is 414 g/mol. The number of aryl methyl sites for hydroxylation is 1. The molecule has 3 rings (SSSR count). The maximum Gasteiger partial charge on any atom is 0.312 e. The van der Waals surface area contributed by atoms with Crippen LogP contribution in [0.3, 0.4) is 0 Å². The van der Waals surface area contributed by atoms with E-state index in [4.69, 9.17) is 16.3 Å². The molecular weight excluding hydrogens is 392 g/mol. The first-order chi connectivity index (χ1) is 13.8. The Kier molecular flexibility index (Phi) is 6.54. The van der Waals surface area contributed by atoms with E-state index in [9.17, 15) is 14.4 Å². The number of halogens is 1. The minimum atomic E-state index is -0.946. The number of hydrogen-bond donors (Lipinski definition) is 1. The number of ether oxygens (including phenoxy) is 1. The number of carbonyl (C=O) groups is 3. The van der Waals surface area contributed by atoms with Crippen LogP contribution in [0.5, 0.6) is 0 Å². The first kappa shape index (κ1) is 20.9. The molecule has 1 aliphatic rings. The Bertz CT molecular complexity index is 896. The molecule has 0 spiro atoms. The number of rotatable bonds is 6. The van der Waals surface area contributed by atoms with Gasteiger partial charge in [0.1, 0.15) is 0 Å². The number of nitrogens with one attached hydrogen (secondary N) is 1. The van der Waals surface area contributed by atoms with E-state index in [-0.39, 0.29) is 18.9 Å². The fraction of sp³-hybridized carbons (Fsp3) is 0.318. The number of carbonyl (C=O) groups excluding carboxylic acids is 3. The zero-order chi connectivity index (χ0) is 21.0. The lowest BCUT2D eigenvalue weighted by molar-refractivity contribution is -0.158. The molecule has 152 valence electrons. The van der Waals surface area contributed by atoms with E-state index in [1.54, 1.807) is 17.0 Å². The fourth-order valence-corrected chi connectivity index (χ4v) is 3.22. The van der Waals surface area contributed by atoms with Crippen LogP contribution in [-0.4, -0.2) is 30.4 Å². The molecule has 29 heavy (non-hydrogen) atoms. The molecule has 1 aliphatic heterocycles. The summed E-state index contributed by atoms with van der Waals surface area (Å²) in [4.78, 5) is 38.6. The second kappa shape index (κ2) is 9.09. The molecule has 2 aromatic rings. The summed E-state index contributed by atoms with van der Waals surface area (Å²) >= 11 is 5.84. The Hall–Kier alpha value is -2.86. The van der Waals surface area contributed by atoms with Crippen LogP contribution in [0.4, 0.5) is 5.69 Å². The molecule has 0 aromatic heterocycles. The van der Waals surface area contributed by atoms with Gasteiger partial charge in [-0.25, -0.2) is 0 Å². The van der Waals surface area contributed by atoms with Crippen LogP contribution in [-0.2, 0) is 25.7 Å². The van der Waals surface area contributed by atoms with Crippen molar-refractivity contribution in [3.8, 4) is 0 Å². The highest BCUT2D eigenvalue weighted by molar-refractivity contribution is 6.30. The van der Waals surface area contributed by atoms with Crippen molar-refractivity contribution in [1.82, 2.24) is 5.32 Å². The van der Waals surface area contributed by atoms with E-state index in [0.29, 0.717) is 11.6 Å². The maximum atomic E-state index is 12.5. The number of anilines is 1. The third kappa shape index (κ3) is 5.35. The molecule has 1 fully saturated rings. The topological polar surface area (TPSA) is 75.7 Å². The van der Waals surface area contributed by atoms with Crippen molar-refractivity contribution in [2.24, 2.45) is 5.92 Å². The number of hydrogen-bond acceptors (Lipinski definition) is 4. The Morgan fingerprint density at radius 1 is 1.17 bits per heavy atom. The number of benzene rings is 2. The lowest BCUT2D eigenvalue weighted by Crippen LogP contribution is -2.37. The van der Waals surface area contributed by atoms with Gasteiger partial charge in [0, 0.05) is 30.2 Å². The molecular formula is C22H23ClN2O4. The van der Waals surface area contributed by atoms with Crippen LogP contribution in [0.1, 0.15) is 24.5 Å².